The monoisotopic (exact) mass is 264 g/mol. The smallest absolute Gasteiger partial charge is 0.146 e. The van der Waals surface area contributed by atoms with Crippen LogP contribution in [0.5, 0.6) is 5.75 Å². The van der Waals surface area contributed by atoms with Crippen LogP contribution in [-0.4, -0.2) is 25.1 Å². The lowest BCUT2D eigenvalue weighted by atomic mass is 9.85. The van der Waals surface area contributed by atoms with Crippen molar-refractivity contribution in [3.63, 3.8) is 0 Å². The van der Waals surface area contributed by atoms with Crippen LogP contribution in [-0.2, 0) is 12.0 Å². The summed E-state index contributed by atoms with van der Waals surface area (Å²) in [6, 6.07) is 4.26. The Hall–Kier alpha value is -1.22. The van der Waals surface area contributed by atoms with Gasteiger partial charge in [0, 0.05) is 12.1 Å². The van der Waals surface area contributed by atoms with Gasteiger partial charge in [-0.3, -0.25) is 4.90 Å². The fraction of sp³-hybridized carbons (Fsp3) is 0.625. The lowest BCUT2D eigenvalue weighted by Gasteiger charge is -2.25. The highest BCUT2D eigenvalue weighted by Crippen LogP contribution is 2.34. The second-order valence-electron chi connectivity index (χ2n) is 5.97. The first kappa shape index (κ1) is 15.8. The number of nitrogens with zero attached hydrogens (tertiary/aromatic N) is 1. The van der Waals surface area contributed by atoms with E-state index in [0.717, 1.165) is 31.1 Å². The van der Waals surface area contributed by atoms with Gasteiger partial charge >= 0.3 is 0 Å². The van der Waals surface area contributed by atoms with E-state index in [4.69, 9.17) is 10.5 Å². The summed E-state index contributed by atoms with van der Waals surface area (Å²) in [6.07, 6.45) is 0. The molecule has 0 saturated carbocycles. The lowest BCUT2D eigenvalue weighted by Crippen LogP contribution is -2.23. The third kappa shape index (κ3) is 3.87. The van der Waals surface area contributed by atoms with Crippen LogP contribution in [0.15, 0.2) is 12.1 Å². The Labute approximate surface area is 117 Å². The van der Waals surface area contributed by atoms with Crippen molar-refractivity contribution in [2.45, 2.75) is 46.6 Å². The second kappa shape index (κ2) is 6.29. The van der Waals surface area contributed by atoms with Gasteiger partial charge in [-0.15, -0.1) is 0 Å². The first-order chi connectivity index (χ1) is 8.83. The van der Waals surface area contributed by atoms with Crippen LogP contribution < -0.4 is 10.5 Å². The summed E-state index contributed by atoms with van der Waals surface area (Å²) in [4.78, 5) is 2.36. The molecular weight excluding hydrogens is 236 g/mol. The summed E-state index contributed by atoms with van der Waals surface area (Å²) in [6.45, 7) is 13.9. The van der Waals surface area contributed by atoms with Crippen LogP contribution in [0.25, 0.3) is 0 Å². The third-order valence-electron chi connectivity index (χ3n) is 3.55. The second-order valence-corrected chi connectivity index (χ2v) is 5.97. The van der Waals surface area contributed by atoms with Gasteiger partial charge < -0.3 is 10.5 Å². The van der Waals surface area contributed by atoms with Crippen molar-refractivity contribution in [1.29, 1.82) is 0 Å². The maximum absolute atomic E-state index is 6.14. The Morgan fingerprint density at radius 1 is 1.16 bits per heavy atom. The molecule has 0 unspecified atom stereocenters. The number of nitrogens with two attached hydrogens (primary N) is 1. The van der Waals surface area contributed by atoms with E-state index >= 15 is 0 Å². The van der Waals surface area contributed by atoms with Crippen LogP contribution in [0.1, 0.15) is 45.7 Å². The molecule has 0 radical (unpaired) electrons. The van der Waals surface area contributed by atoms with Gasteiger partial charge in [0.05, 0.1) is 12.8 Å². The fourth-order valence-electron chi connectivity index (χ4n) is 2.20. The van der Waals surface area contributed by atoms with Crippen molar-refractivity contribution in [3.05, 3.63) is 23.3 Å². The van der Waals surface area contributed by atoms with Crippen LogP contribution in [0.2, 0.25) is 0 Å². The van der Waals surface area contributed by atoms with E-state index in [1.807, 2.05) is 6.07 Å². The predicted octanol–water partition coefficient (Wildman–Crippen LogP) is 3.42. The summed E-state index contributed by atoms with van der Waals surface area (Å²) in [5, 5.41) is 0. The molecule has 0 aliphatic heterocycles. The topological polar surface area (TPSA) is 38.5 Å². The van der Waals surface area contributed by atoms with Crippen molar-refractivity contribution in [2.75, 3.05) is 25.9 Å². The number of hydrogen-bond donors (Lipinski definition) is 1. The number of hydrogen-bond acceptors (Lipinski definition) is 3. The number of rotatable bonds is 5. The molecule has 3 nitrogen and oxygen atoms in total. The number of benzene rings is 1. The lowest BCUT2D eigenvalue weighted by molar-refractivity contribution is 0.289. The van der Waals surface area contributed by atoms with Gasteiger partial charge in [-0.05, 0) is 30.1 Å². The van der Waals surface area contributed by atoms with E-state index in [1.54, 1.807) is 7.11 Å². The molecule has 19 heavy (non-hydrogen) atoms. The molecule has 0 fully saturated rings. The minimum absolute atomic E-state index is 0.0956. The number of anilines is 1. The SMILES string of the molecule is CCN(CC)Cc1cc(C(C)(C)C)cc(N)c1OC. The zero-order valence-corrected chi connectivity index (χ0v) is 13.2. The first-order valence-corrected chi connectivity index (χ1v) is 7.02. The standard InChI is InChI=1S/C16H28N2O/c1-7-18(8-2)11-12-9-13(16(3,4)5)10-14(17)15(12)19-6/h9-10H,7-8,11,17H2,1-6H3. The number of ether oxygens (including phenoxy) is 1. The third-order valence-corrected chi connectivity index (χ3v) is 3.55. The fourth-order valence-corrected chi connectivity index (χ4v) is 2.20. The van der Waals surface area contributed by atoms with Crippen molar-refractivity contribution in [2.24, 2.45) is 0 Å². The van der Waals surface area contributed by atoms with E-state index in [9.17, 15) is 0 Å². The average molecular weight is 264 g/mol. The minimum atomic E-state index is 0.0956. The largest absolute Gasteiger partial charge is 0.494 e. The molecule has 1 rings (SSSR count). The zero-order valence-electron chi connectivity index (χ0n) is 13.2. The summed E-state index contributed by atoms with van der Waals surface area (Å²) >= 11 is 0. The summed E-state index contributed by atoms with van der Waals surface area (Å²) in [5.74, 6) is 0.819. The molecule has 2 N–H and O–H groups in total. The van der Waals surface area contributed by atoms with Gasteiger partial charge in [0.15, 0.2) is 0 Å². The van der Waals surface area contributed by atoms with Gasteiger partial charge in [0.25, 0.3) is 0 Å². The highest BCUT2D eigenvalue weighted by Gasteiger charge is 2.19. The highest BCUT2D eigenvalue weighted by atomic mass is 16.5. The summed E-state index contributed by atoms with van der Waals surface area (Å²) < 4.78 is 5.48. The molecule has 0 aliphatic carbocycles. The molecule has 0 saturated heterocycles. The molecule has 0 aromatic heterocycles. The average Bonchev–Trinajstić information content (AvgIpc) is 2.34. The summed E-state index contributed by atoms with van der Waals surface area (Å²) in [7, 11) is 1.69. The molecular formula is C16H28N2O. The van der Waals surface area contributed by atoms with E-state index in [0.29, 0.717) is 0 Å². The molecule has 1 aromatic rings. The molecule has 0 aliphatic rings. The van der Waals surface area contributed by atoms with E-state index in [-0.39, 0.29) is 5.41 Å². The maximum Gasteiger partial charge on any atom is 0.146 e. The predicted molar refractivity (Wildman–Crippen MR) is 82.7 cm³/mol. The minimum Gasteiger partial charge on any atom is -0.494 e. The van der Waals surface area contributed by atoms with Gasteiger partial charge in [-0.25, -0.2) is 0 Å². The molecule has 0 amide bonds. The number of methoxy groups -OCH3 is 1. The molecule has 108 valence electrons. The Kier molecular flexibility index (Phi) is 5.24. The quantitative estimate of drug-likeness (QED) is 0.828. The Bertz CT molecular complexity index is 417. The van der Waals surface area contributed by atoms with Crippen molar-refractivity contribution in [1.82, 2.24) is 4.90 Å². The number of nitrogen functional groups attached to an aromatic ring is 1. The van der Waals surface area contributed by atoms with Crippen molar-refractivity contribution in [3.8, 4) is 5.75 Å². The van der Waals surface area contributed by atoms with Gasteiger partial charge in [0.2, 0.25) is 0 Å². The highest BCUT2D eigenvalue weighted by molar-refractivity contribution is 5.60. The van der Waals surface area contributed by atoms with Gasteiger partial charge in [-0.2, -0.15) is 0 Å². The Balaban J connectivity index is 3.22. The van der Waals surface area contributed by atoms with E-state index < -0.39 is 0 Å². The van der Waals surface area contributed by atoms with Crippen LogP contribution in [0.4, 0.5) is 5.69 Å². The van der Waals surface area contributed by atoms with Crippen molar-refractivity contribution >= 4 is 5.69 Å². The Morgan fingerprint density at radius 3 is 2.16 bits per heavy atom. The normalized spacial score (nSPS) is 11.9. The zero-order chi connectivity index (χ0) is 14.6. The molecule has 1 aromatic carbocycles. The maximum atomic E-state index is 6.14. The molecule has 3 heteroatoms. The van der Waals surface area contributed by atoms with Gasteiger partial charge in [0.1, 0.15) is 5.75 Å². The first-order valence-electron chi connectivity index (χ1n) is 7.02. The van der Waals surface area contributed by atoms with E-state index in [2.05, 4.69) is 45.6 Å². The van der Waals surface area contributed by atoms with Crippen LogP contribution in [0, 0.1) is 0 Å². The van der Waals surface area contributed by atoms with Crippen molar-refractivity contribution < 1.29 is 4.74 Å². The van der Waals surface area contributed by atoms with Gasteiger partial charge in [-0.1, -0.05) is 40.7 Å². The molecule has 0 spiro atoms. The van der Waals surface area contributed by atoms with E-state index in [1.165, 1.54) is 11.1 Å². The Morgan fingerprint density at radius 2 is 1.74 bits per heavy atom. The molecule has 0 bridgehead atoms. The molecule has 0 atom stereocenters. The molecule has 0 heterocycles. The summed E-state index contributed by atoms with van der Waals surface area (Å²) in [5.41, 5.74) is 9.41. The van der Waals surface area contributed by atoms with Crippen LogP contribution in [0.3, 0.4) is 0 Å². The van der Waals surface area contributed by atoms with Crippen LogP contribution >= 0.6 is 0 Å².